The molecule has 0 spiro atoms. The van der Waals surface area contributed by atoms with Gasteiger partial charge in [-0.15, -0.1) is 0 Å². The van der Waals surface area contributed by atoms with Crippen molar-refractivity contribution in [3.05, 3.63) is 18.2 Å². The molecule has 0 aromatic carbocycles. The SMILES string of the molecule is C[C@H](Cc1cncn1C)NC(=O)CC#N. The van der Waals surface area contributed by atoms with Gasteiger partial charge in [-0.25, -0.2) is 4.98 Å². The predicted molar refractivity (Wildman–Crippen MR) is 54.7 cm³/mol. The average molecular weight is 206 g/mol. The zero-order valence-corrected chi connectivity index (χ0v) is 8.90. The maximum atomic E-state index is 11.1. The number of aromatic nitrogens is 2. The van der Waals surface area contributed by atoms with E-state index in [1.165, 1.54) is 0 Å². The van der Waals surface area contributed by atoms with E-state index in [0.717, 1.165) is 5.69 Å². The van der Waals surface area contributed by atoms with Crippen LogP contribution in [0.1, 0.15) is 19.0 Å². The van der Waals surface area contributed by atoms with E-state index in [-0.39, 0.29) is 18.4 Å². The quantitative estimate of drug-likeness (QED) is 0.774. The van der Waals surface area contributed by atoms with Crippen LogP contribution in [-0.4, -0.2) is 21.5 Å². The minimum absolute atomic E-state index is 0.0150. The topological polar surface area (TPSA) is 70.7 Å². The number of carbonyl (C=O) groups excluding carboxylic acids is 1. The van der Waals surface area contributed by atoms with Crippen LogP contribution in [0, 0.1) is 11.3 Å². The standard InChI is InChI=1S/C10H14N4O/c1-8(13-10(15)3-4-11)5-9-6-12-7-14(9)2/h6-8H,3,5H2,1-2H3,(H,13,15)/t8-/m1/s1. The minimum Gasteiger partial charge on any atom is -0.352 e. The fourth-order valence-corrected chi connectivity index (χ4v) is 1.34. The summed E-state index contributed by atoms with van der Waals surface area (Å²) in [6, 6.07) is 1.83. The van der Waals surface area contributed by atoms with E-state index in [0.29, 0.717) is 6.42 Å². The van der Waals surface area contributed by atoms with Crippen LogP contribution in [0.25, 0.3) is 0 Å². The second kappa shape index (κ2) is 5.15. The Labute approximate surface area is 88.7 Å². The molecule has 0 saturated heterocycles. The van der Waals surface area contributed by atoms with E-state index in [9.17, 15) is 4.79 Å². The Hall–Kier alpha value is -1.83. The van der Waals surface area contributed by atoms with E-state index < -0.39 is 0 Å². The number of nitrogens with one attached hydrogen (secondary N) is 1. The predicted octanol–water partition coefficient (Wildman–Crippen LogP) is 0.381. The fraction of sp³-hybridized carbons (Fsp3) is 0.500. The molecular formula is C10H14N4O. The number of aryl methyl sites for hydroxylation is 1. The zero-order chi connectivity index (χ0) is 11.3. The second-order valence-corrected chi connectivity index (χ2v) is 3.50. The van der Waals surface area contributed by atoms with Crippen LogP contribution in [0.2, 0.25) is 0 Å². The van der Waals surface area contributed by atoms with Crippen molar-refractivity contribution in [2.45, 2.75) is 25.8 Å². The molecule has 0 fully saturated rings. The third-order valence-electron chi connectivity index (χ3n) is 2.08. The summed E-state index contributed by atoms with van der Waals surface area (Å²) < 4.78 is 1.91. The molecule has 1 N–H and O–H groups in total. The highest BCUT2D eigenvalue weighted by molar-refractivity contribution is 5.78. The number of nitrogens with zero attached hydrogens (tertiary/aromatic N) is 3. The van der Waals surface area contributed by atoms with Crippen molar-refractivity contribution < 1.29 is 4.79 Å². The summed E-state index contributed by atoms with van der Waals surface area (Å²) in [5, 5.41) is 11.1. The van der Waals surface area contributed by atoms with Gasteiger partial charge >= 0.3 is 0 Å². The summed E-state index contributed by atoms with van der Waals surface area (Å²) >= 11 is 0. The molecule has 1 amide bonds. The Balaban J connectivity index is 2.43. The van der Waals surface area contributed by atoms with Crippen molar-refractivity contribution in [1.29, 1.82) is 5.26 Å². The monoisotopic (exact) mass is 206 g/mol. The Morgan fingerprint density at radius 1 is 1.80 bits per heavy atom. The molecule has 1 rings (SSSR count). The number of hydrogen-bond acceptors (Lipinski definition) is 3. The van der Waals surface area contributed by atoms with Crippen LogP contribution in [0.5, 0.6) is 0 Å². The normalized spacial score (nSPS) is 11.8. The van der Waals surface area contributed by atoms with Crippen LogP contribution in [0.4, 0.5) is 0 Å². The van der Waals surface area contributed by atoms with E-state index >= 15 is 0 Å². The van der Waals surface area contributed by atoms with E-state index in [1.54, 1.807) is 12.5 Å². The fourth-order valence-electron chi connectivity index (χ4n) is 1.34. The first-order valence-electron chi connectivity index (χ1n) is 4.75. The number of hydrogen-bond donors (Lipinski definition) is 1. The molecule has 0 radical (unpaired) electrons. The summed E-state index contributed by atoms with van der Waals surface area (Å²) in [6.07, 6.45) is 4.12. The van der Waals surface area contributed by atoms with E-state index in [1.807, 2.05) is 24.6 Å². The van der Waals surface area contributed by atoms with Crippen LogP contribution in [0.3, 0.4) is 0 Å². The Kier molecular flexibility index (Phi) is 3.86. The molecule has 0 aliphatic carbocycles. The van der Waals surface area contributed by atoms with E-state index in [2.05, 4.69) is 10.3 Å². The minimum atomic E-state index is -0.229. The Morgan fingerprint density at radius 2 is 2.53 bits per heavy atom. The van der Waals surface area contributed by atoms with Gasteiger partial charge < -0.3 is 9.88 Å². The van der Waals surface area contributed by atoms with Gasteiger partial charge in [0.1, 0.15) is 6.42 Å². The van der Waals surface area contributed by atoms with Crippen molar-refractivity contribution >= 4 is 5.91 Å². The summed E-state index contributed by atoms with van der Waals surface area (Å²) in [5.41, 5.74) is 1.06. The summed E-state index contributed by atoms with van der Waals surface area (Å²) in [4.78, 5) is 15.1. The van der Waals surface area contributed by atoms with Gasteiger partial charge in [0.25, 0.3) is 0 Å². The lowest BCUT2D eigenvalue weighted by molar-refractivity contribution is -0.120. The van der Waals surface area contributed by atoms with Crippen molar-refractivity contribution in [2.24, 2.45) is 7.05 Å². The Bertz CT molecular complexity index is 377. The molecule has 1 aromatic rings. The first-order chi connectivity index (χ1) is 7.13. The number of rotatable bonds is 4. The van der Waals surface area contributed by atoms with Crippen LogP contribution >= 0.6 is 0 Å². The van der Waals surface area contributed by atoms with Gasteiger partial charge in [-0.2, -0.15) is 5.26 Å². The third-order valence-corrected chi connectivity index (χ3v) is 2.08. The van der Waals surface area contributed by atoms with Crippen molar-refractivity contribution in [3.8, 4) is 6.07 Å². The summed E-state index contributed by atoms with van der Waals surface area (Å²) in [6.45, 7) is 1.91. The van der Waals surface area contributed by atoms with Gasteiger partial charge in [-0.1, -0.05) is 0 Å². The molecule has 1 aromatic heterocycles. The van der Waals surface area contributed by atoms with Gasteiger partial charge in [-0.3, -0.25) is 4.79 Å². The highest BCUT2D eigenvalue weighted by Crippen LogP contribution is 2.01. The van der Waals surface area contributed by atoms with Crippen LogP contribution in [0.15, 0.2) is 12.5 Å². The molecule has 0 saturated carbocycles. The Morgan fingerprint density at radius 3 is 3.07 bits per heavy atom. The number of amides is 1. The lowest BCUT2D eigenvalue weighted by atomic mass is 10.2. The maximum absolute atomic E-state index is 11.1. The largest absolute Gasteiger partial charge is 0.352 e. The van der Waals surface area contributed by atoms with Crippen LogP contribution < -0.4 is 5.32 Å². The maximum Gasteiger partial charge on any atom is 0.234 e. The first kappa shape index (κ1) is 11.2. The molecule has 80 valence electrons. The molecular weight excluding hydrogens is 192 g/mol. The molecule has 15 heavy (non-hydrogen) atoms. The van der Waals surface area contributed by atoms with Gasteiger partial charge in [0, 0.05) is 31.4 Å². The van der Waals surface area contributed by atoms with Gasteiger partial charge in [0.05, 0.1) is 12.4 Å². The molecule has 0 bridgehead atoms. The average Bonchev–Trinajstić information content (AvgIpc) is 2.52. The molecule has 0 aliphatic rings. The third kappa shape index (κ3) is 3.43. The molecule has 5 heteroatoms. The molecule has 1 heterocycles. The van der Waals surface area contributed by atoms with Gasteiger partial charge in [0.15, 0.2) is 0 Å². The smallest absolute Gasteiger partial charge is 0.234 e. The molecule has 0 aliphatic heterocycles. The lowest BCUT2D eigenvalue weighted by Gasteiger charge is -2.12. The summed E-state index contributed by atoms with van der Waals surface area (Å²) in [5.74, 6) is -0.229. The second-order valence-electron chi connectivity index (χ2n) is 3.50. The van der Waals surface area contributed by atoms with Gasteiger partial charge in [-0.05, 0) is 6.92 Å². The van der Waals surface area contributed by atoms with Crippen molar-refractivity contribution in [1.82, 2.24) is 14.9 Å². The zero-order valence-electron chi connectivity index (χ0n) is 8.90. The number of carbonyl (C=O) groups is 1. The van der Waals surface area contributed by atoms with Crippen LogP contribution in [-0.2, 0) is 18.3 Å². The highest BCUT2D eigenvalue weighted by Gasteiger charge is 2.09. The molecule has 0 unspecified atom stereocenters. The molecule has 5 nitrogen and oxygen atoms in total. The van der Waals surface area contributed by atoms with E-state index in [4.69, 9.17) is 5.26 Å². The van der Waals surface area contributed by atoms with Crippen molar-refractivity contribution in [2.75, 3.05) is 0 Å². The van der Waals surface area contributed by atoms with Gasteiger partial charge in [0.2, 0.25) is 5.91 Å². The first-order valence-corrected chi connectivity index (χ1v) is 4.75. The number of imidazole rings is 1. The number of nitriles is 1. The summed E-state index contributed by atoms with van der Waals surface area (Å²) in [7, 11) is 1.91. The molecule has 1 atom stereocenters. The van der Waals surface area contributed by atoms with Crippen molar-refractivity contribution in [3.63, 3.8) is 0 Å². The lowest BCUT2D eigenvalue weighted by Crippen LogP contribution is -2.34. The highest BCUT2D eigenvalue weighted by atomic mass is 16.1.